The average Bonchev–Trinajstić information content (AvgIpc) is 3.33. The molecule has 3 heterocycles. The molecule has 2 saturated heterocycles. The van der Waals surface area contributed by atoms with Gasteiger partial charge in [-0.3, -0.25) is 4.79 Å². The van der Waals surface area contributed by atoms with Crippen LogP contribution in [0.4, 0.5) is 0 Å². The second kappa shape index (κ2) is 4.99. The van der Waals surface area contributed by atoms with E-state index < -0.39 is 28.9 Å². The Morgan fingerprint density at radius 2 is 1.96 bits per heavy atom. The normalized spacial score (nSPS) is 44.6. The van der Waals surface area contributed by atoms with Crippen LogP contribution < -0.4 is 9.47 Å². The molecule has 5 aliphatic rings. The summed E-state index contributed by atoms with van der Waals surface area (Å²) in [4.78, 5) is 14.9. The lowest BCUT2D eigenvalue weighted by Crippen LogP contribution is -2.77. The first-order valence-corrected chi connectivity index (χ1v) is 9.58. The molecule has 1 spiro atoms. The van der Waals surface area contributed by atoms with E-state index in [0.717, 1.165) is 11.1 Å². The fraction of sp³-hybridized carbons (Fsp3) is 0.650. The number of hydrogen-bond acceptors (Lipinski definition) is 7. The van der Waals surface area contributed by atoms with Gasteiger partial charge in [-0.1, -0.05) is 0 Å². The molecule has 2 aliphatic carbocycles. The molecular weight excluding hydrogens is 366 g/mol. The largest absolute Gasteiger partial charge is 0.454 e. The van der Waals surface area contributed by atoms with E-state index in [0.29, 0.717) is 24.3 Å². The Balaban J connectivity index is 1.70. The number of nitrogens with zero attached hydrogens (tertiary/aromatic N) is 1. The summed E-state index contributed by atoms with van der Waals surface area (Å²) in [6.07, 6.45) is -0.596. The van der Waals surface area contributed by atoms with Gasteiger partial charge < -0.3 is 33.7 Å². The quantitative estimate of drug-likeness (QED) is 0.803. The number of ether oxygens (including phenoxy) is 5. The molecule has 0 aromatic heterocycles. The summed E-state index contributed by atoms with van der Waals surface area (Å²) in [5.74, 6) is 0.0923. The van der Waals surface area contributed by atoms with E-state index in [9.17, 15) is 9.90 Å². The van der Waals surface area contributed by atoms with Crippen LogP contribution >= 0.6 is 0 Å². The molecule has 1 N–H and O–H groups in total. The maximum atomic E-state index is 13.1. The van der Waals surface area contributed by atoms with Crippen molar-refractivity contribution in [2.24, 2.45) is 0 Å². The van der Waals surface area contributed by atoms with Crippen LogP contribution in [0.1, 0.15) is 36.5 Å². The van der Waals surface area contributed by atoms with Crippen LogP contribution in [0.5, 0.6) is 11.5 Å². The highest BCUT2D eigenvalue weighted by Crippen LogP contribution is 2.72. The highest BCUT2D eigenvalue weighted by Gasteiger charge is 2.84. The molecule has 6 atom stereocenters. The molecular formula is C20H23NO7. The van der Waals surface area contributed by atoms with Gasteiger partial charge in [0, 0.05) is 39.5 Å². The molecule has 3 aliphatic heterocycles. The number of carbonyl (C=O) groups is 1. The summed E-state index contributed by atoms with van der Waals surface area (Å²) in [5.41, 5.74) is 0.535. The predicted molar refractivity (Wildman–Crippen MR) is 94.0 cm³/mol. The monoisotopic (exact) mass is 389 g/mol. The number of hydrogen-bond donors (Lipinski definition) is 1. The minimum atomic E-state index is -1.27. The smallest absolute Gasteiger partial charge is 0.231 e. The van der Waals surface area contributed by atoms with E-state index in [2.05, 4.69) is 0 Å². The highest BCUT2D eigenvalue weighted by molar-refractivity contribution is 5.85. The number of aliphatic hydroxyl groups excluding tert-OH is 1. The minimum absolute atomic E-state index is 0.0140. The third kappa shape index (κ3) is 1.49. The standard InChI is InChI=1S/C20H23NO7/c1-21-16(23)8-18-6-12(22)17(24-2)20(25-3)19(18,21)7-15(28-20)10-4-13-14(5-11(10)18)27-9-26-13/h4-5,12,15,17,22H,6-9H2,1-3H3/t12-,15-,17-,18+,19-,20-/m0/s1. The third-order valence-corrected chi connectivity index (χ3v) is 7.81. The van der Waals surface area contributed by atoms with Crippen molar-refractivity contribution in [1.82, 2.24) is 4.90 Å². The second-order valence-electron chi connectivity index (χ2n) is 8.47. The lowest BCUT2D eigenvalue weighted by atomic mass is 9.50. The molecule has 150 valence electrons. The van der Waals surface area contributed by atoms with Gasteiger partial charge in [0.15, 0.2) is 11.5 Å². The van der Waals surface area contributed by atoms with Gasteiger partial charge in [-0.15, -0.1) is 0 Å². The number of benzene rings is 1. The van der Waals surface area contributed by atoms with E-state index in [1.807, 2.05) is 19.2 Å². The number of methoxy groups -OCH3 is 2. The number of fused-ring (bicyclic) bond motifs is 4. The van der Waals surface area contributed by atoms with Gasteiger partial charge in [-0.05, 0) is 29.7 Å². The zero-order valence-electron chi connectivity index (χ0n) is 16.1. The van der Waals surface area contributed by atoms with E-state index in [1.165, 1.54) is 0 Å². The Hall–Kier alpha value is -1.87. The van der Waals surface area contributed by atoms with E-state index in [4.69, 9.17) is 23.7 Å². The molecule has 1 saturated carbocycles. The Labute approximate surface area is 162 Å². The van der Waals surface area contributed by atoms with Crippen molar-refractivity contribution < 1.29 is 33.6 Å². The van der Waals surface area contributed by atoms with E-state index in [-0.39, 0.29) is 25.2 Å². The molecule has 8 heteroatoms. The van der Waals surface area contributed by atoms with Crippen molar-refractivity contribution >= 4 is 5.91 Å². The van der Waals surface area contributed by atoms with Crippen molar-refractivity contribution in [2.45, 2.75) is 54.3 Å². The third-order valence-electron chi connectivity index (χ3n) is 7.81. The Bertz CT molecular complexity index is 905. The summed E-state index contributed by atoms with van der Waals surface area (Å²) in [6.45, 7) is 0.178. The highest BCUT2D eigenvalue weighted by atomic mass is 16.7. The Morgan fingerprint density at radius 3 is 2.68 bits per heavy atom. The maximum absolute atomic E-state index is 13.1. The van der Waals surface area contributed by atoms with Crippen LogP contribution in [0.2, 0.25) is 0 Å². The van der Waals surface area contributed by atoms with Crippen molar-refractivity contribution in [3.63, 3.8) is 0 Å². The fourth-order valence-corrected chi connectivity index (χ4v) is 6.86. The summed E-state index contributed by atoms with van der Waals surface area (Å²) < 4.78 is 29.5. The lowest BCUT2D eigenvalue weighted by molar-refractivity contribution is -0.338. The number of likely N-dealkylation sites (tertiary alicyclic amines) is 1. The number of amides is 1. The van der Waals surface area contributed by atoms with Crippen LogP contribution in [0.15, 0.2) is 12.1 Å². The molecule has 1 aromatic carbocycles. The molecule has 2 bridgehead atoms. The zero-order chi connectivity index (χ0) is 19.5. The van der Waals surface area contributed by atoms with Crippen molar-refractivity contribution in [2.75, 3.05) is 28.1 Å². The molecule has 28 heavy (non-hydrogen) atoms. The van der Waals surface area contributed by atoms with Gasteiger partial charge in [0.25, 0.3) is 0 Å². The van der Waals surface area contributed by atoms with Gasteiger partial charge in [0.1, 0.15) is 11.6 Å². The second-order valence-corrected chi connectivity index (χ2v) is 8.47. The fourth-order valence-electron chi connectivity index (χ4n) is 6.86. The number of rotatable bonds is 2. The van der Waals surface area contributed by atoms with Gasteiger partial charge in [0.05, 0.1) is 12.2 Å². The predicted octanol–water partition coefficient (Wildman–Crippen LogP) is 0.851. The Kier molecular flexibility index (Phi) is 3.04. The first-order chi connectivity index (χ1) is 13.4. The van der Waals surface area contributed by atoms with Crippen LogP contribution in [-0.4, -0.2) is 67.5 Å². The summed E-state index contributed by atoms with van der Waals surface area (Å²) >= 11 is 0. The topological polar surface area (TPSA) is 86.7 Å². The van der Waals surface area contributed by atoms with Gasteiger partial charge >= 0.3 is 0 Å². The summed E-state index contributed by atoms with van der Waals surface area (Å²) in [6, 6.07) is 3.93. The lowest BCUT2D eigenvalue weighted by Gasteiger charge is -2.60. The molecule has 3 fully saturated rings. The number of likely N-dealkylation sites (N-methyl/N-ethyl adjacent to an activating group) is 1. The van der Waals surface area contributed by atoms with Gasteiger partial charge in [-0.2, -0.15) is 0 Å². The van der Waals surface area contributed by atoms with Crippen LogP contribution in [0.25, 0.3) is 0 Å². The molecule has 1 amide bonds. The average molecular weight is 389 g/mol. The van der Waals surface area contributed by atoms with Crippen molar-refractivity contribution in [3.8, 4) is 11.5 Å². The van der Waals surface area contributed by atoms with Crippen LogP contribution in [0.3, 0.4) is 0 Å². The summed E-state index contributed by atoms with van der Waals surface area (Å²) in [5, 5.41) is 11.1. The SMILES string of the molecule is CO[C@H]1[C@@H](O)C[C@]23CC(=O)N(C)[C@@]24C[C@H](O[C@@]14OC)c1cc2c(cc13)OCO2. The van der Waals surface area contributed by atoms with E-state index >= 15 is 0 Å². The zero-order valence-corrected chi connectivity index (χ0v) is 16.1. The Morgan fingerprint density at radius 1 is 1.21 bits per heavy atom. The molecule has 0 radical (unpaired) electrons. The van der Waals surface area contributed by atoms with Gasteiger partial charge in [0.2, 0.25) is 18.5 Å². The number of carbonyl (C=O) groups excluding carboxylic acids is 1. The van der Waals surface area contributed by atoms with Crippen molar-refractivity contribution in [1.29, 1.82) is 0 Å². The van der Waals surface area contributed by atoms with Crippen molar-refractivity contribution in [3.05, 3.63) is 23.3 Å². The summed E-state index contributed by atoms with van der Waals surface area (Å²) in [7, 11) is 4.92. The molecule has 0 unspecified atom stereocenters. The van der Waals surface area contributed by atoms with Crippen LogP contribution in [0, 0.1) is 0 Å². The molecule has 8 nitrogen and oxygen atoms in total. The molecule has 6 rings (SSSR count). The maximum Gasteiger partial charge on any atom is 0.231 e. The number of aliphatic hydroxyl groups is 1. The minimum Gasteiger partial charge on any atom is -0.454 e. The molecule has 1 aromatic rings. The first kappa shape index (κ1) is 17.0. The van der Waals surface area contributed by atoms with Gasteiger partial charge in [-0.25, -0.2) is 0 Å². The van der Waals surface area contributed by atoms with Crippen LogP contribution in [-0.2, 0) is 24.4 Å². The van der Waals surface area contributed by atoms with E-state index in [1.54, 1.807) is 19.1 Å². The first-order valence-electron chi connectivity index (χ1n) is 9.58.